The van der Waals surface area contributed by atoms with Gasteiger partial charge in [0.15, 0.2) is 5.65 Å². The Bertz CT molecular complexity index is 1530. The highest BCUT2D eigenvalue weighted by molar-refractivity contribution is 6.32. The molecular formula is C23H16ClN5O3. The molecule has 8 nitrogen and oxygen atoms in total. The molecule has 0 aliphatic rings. The van der Waals surface area contributed by atoms with E-state index in [9.17, 15) is 14.9 Å². The fourth-order valence-electron chi connectivity index (χ4n) is 3.78. The molecule has 0 bridgehead atoms. The molecule has 2 aromatic heterocycles. The Balaban J connectivity index is 1.46. The van der Waals surface area contributed by atoms with Gasteiger partial charge in [0.1, 0.15) is 10.5 Å². The first-order valence-electron chi connectivity index (χ1n) is 9.89. The number of rotatable bonds is 5. The molecule has 0 saturated heterocycles. The Morgan fingerprint density at radius 3 is 2.53 bits per heavy atom. The zero-order valence-electron chi connectivity index (χ0n) is 16.7. The number of nitrogens with zero attached hydrogens (tertiary/aromatic N) is 4. The number of hydrogen-bond acceptors (Lipinski definition) is 5. The van der Waals surface area contributed by atoms with Crippen LogP contribution in [-0.4, -0.2) is 25.4 Å². The number of para-hydroxylation sites is 3. The van der Waals surface area contributed by atoms with Crippen molar-refractivity contribution in [3.63, 3.8) is 0 Å². The lowest BCUT2D eigenvalue weighted by molar-refractivity contribution is -0.384. The number of nitro groups is 1. The first-order chi connectivity index (χ1) is 15.5. The van der Waals surface area contributed by atoms with Gasteiger partial charge in [0.2, 0.25) is 5.91 Å². The second kappa shape index (κ2) is 7.90. The fraction of sp³-hybridized carbons (Fsp3) is 0.0870. The van der Waals surface area contributed by atoms with Crippen molar-refractivity contribution >= 4 is 62.0 Å². The van der Waals surface area contributed by atoms with Crippen molar-refractivity contribution in [2.75, 3.05) is 5.32 Å². The molecule has 0 spiro atoms. The number of carbonyl (C=O) groups excluding carboxylic acids is 1. The van der Waals surface area contributed by atoms with Crippen LogP contribution in [0.3, 0.4) is 0 Å². The quantitative estimate of drug-likeness (QED) is 0.291. The number of amides is 1. The van der Waals surface area contributed by atoms with Crippen LogP contribution >= 0.6 is 11.6 Å². The van der Waals surface area contributed by atoms with E-state index in [0.29, 0.717) is 17.9 Å². The molecule has 0 aliphatic carbocycles. The lowest BCUT2D eigenvalue weighted by Crippen LogP contribution is -2.14. The summed E-state index contributed by atoms with van der Waals surface area (Å²) in [7, 11) is 0. The molecule has 2 heterocycles. The van der Waals surface area contributed by atoms with Crippen LogP contribution < -0.4 is 5.32 Å². The SMILES string of the molecule is O=C(CCn1c2ccccc2c2nc3ccccc3nc21)Nc1ccc(Cl)c([N+](=O)[O-])c1. The van der Waals surface area contributed by atoms with Crippen molar-refractivity contribution in [2.24, 2.45) is 0 Å². The highest BCUT2D eigenvalue weighted by atomic mass is 35.5. The minimum atomic E-state index is -0.584. The summed E-state index contributed by atoms with van der Waals surface area (Å²) in [5.41, 5.74) is 4.08. The number of benzene rings is 3. The molecule has 5 aromatic rings. The predicted molar refractivity (Wildman–Crippen MR) is 124 cm³/mol. The average Bonchev–Trinajstić information content (AvgIpc) is 3.10. The molecule has 0 unspecified atom stereocenters. The number of aromatic nitrogens is 3. The van der Waals surface area contributed by atoms with E-state index >= 15 is 0 Å². The van der Waals surface area contributed by atoms with Gasteiger partial charge in [0.25, 0.3) is 5.69 Å². The third-order valence-electron chi connectivity index (χ3n) is 5.25. The van der Waals surface area contributed by atoms with Crippen LogP contribution in [0.15, 0.2) is 66.7 Å². The highest BCUT2D eigenvalue weighted by Gasteiger charge is 2.16. The molecule has 1 N–H and O–H groups in total. The largest absolute Gasteiger partial charge is 0.326 e. The second-order valence-electron chi connectivity index (χ2n) is 7.27. The average molecular weight is 446 g/mol. The van der Waals surface area contributed by atoms with E-state index in [1.807, 2.05) is 53.1 Å². The van der Waals surface area contributed by atoms with Crippen LogP contribution in [-0.2, 0) is 11.3 Å². The number of halogens is 1. The molecule has 0 fully saturated rings. The van der Waals surface area contributed by atoms with Crippen molar-refractivity contribution in [2.45, 2.75) is 13.0 Å². The molecule has 1 amide bonds. The summed E-state index contributed by atoms with van der Waals surface area (Å²) in [6.07, 6.45) is 0.151. The number of nitro benzene ring substituents is 1. The molecule has 158 valence electrons. The number of anilines is 1. The summed E-state index contributed by atoms with van der Waals surface area (Å²) in [6, 6.07) is 19.7. The van der Waals surface area contributed by atoms with E-state index in [-0.39, 0.29) is 23.0 Å². The van der Waals surface area contributed by atoms with Crippen LogP contribution in [0.5, 0.6) is 0 Å². The van der Waals surface area contributed by atoms with E-state index in [4.69, 9.17) is 21.6 Å². The number of fused-ring (bicyclic) bond motifs is 4. The van der Waals surface area contributed by atoms with E-state index in [0.717, 1.165) is 27.5 Å². The van der Waals surface area contributed by atoms with Crippen molar-refractivity contribution in [1.29, 1.82) is 0 Å². The second-order valence-corrected chi connectivity index (χ2v) is 7.68. The molecule has 5 rings (SSSR count). The first-order valence-corrected chi connectivity index (χ1v) is 10.3. The summed E-state index contributed by atoms with van der Waals surface area (Å²) in [5, 5.41) is 14.8. The molecule has 0 radical (unpaired) electrons. The maximum absolute atomic E-state index is 12.6. The third-order valence-corrected chi connectivity index (χ3v) is 5.57. The Morgan fingerprint density at radius 1 is 1.03 bits per heavy atom. The van der Waals surface area contributed by atoms with Crippen LogP contribution in [0.4, 0.5) is 11.4 Å². The van der Waals surface area contributed by atoms with Gasteiger partial charge < -0.3 is 9.88 Å². The number of carbonyl (C=O) groups is 1. The van der Waals surface area contributed by atoms with E-state index in [1.54, 1.807) is 0 Å². The van der Waals surface area contributed by atoms with Gasteiger partial charge in [0, 0.05) is 30.1 Å². The van der Waals surface area contributed by atoms with E-state index in [1.165, 1.54) is 18.2 Å². The first kappa shape index (κ1) is 19.9. The smallest absolute Gasteiger partial charge is 0.289 e. The third kappa shape index (κ3) is 3.50. The minimum Gasteiger partial charge on any atom is -0.326 e. The lowest BCUT2D eigenvalue weighted by atomic mass is 10.2. The summed E-state index contributed by atoms with van der Waals surface area (Å²) >= 11 is 5.84. The molecule has 0 saturated carbocycles. The Morgan fingerprint density at radius 2 is 1.75 bits per heavy atom. The van der Waals surface area contributed by atoms with Crippen LogP contribution in [0.2, 0.25) is 5.02 Å². The van der Waals surface area contributed by atoms with Crippen LogP contribution in [0.25, 0.3) is 33.1 Å². The molecular weight excluding hydrogens is 430 g/mol. The minimum absolute atomic E-state index is 0.0177. The zero-order valence-corrected chi connectivity index (χ0v) is 17.4. The van der Waals surface area contributed by atoms with Gasteiger partial charge in [-0.25, -0.2) is 9.97 Å². The normalized spacial score (nSPS) is 11.3. The van der Waals surface area contributed by atoms with Crippen LogP contribution in [0.1, 0.15) is 6.42 Å². The van der Waals surface area contributed by atoms with E-state index in [2.05, 4.69) is 5.32 Å². The Hall–Kier alpha value is -4.04. The lowest BCUT2D eigenvalue weighted by Gasteiger charge is -2.08. The monoisotopic (exact) mass is 445 g/mol. The van der Waals surface area contributed by atoms with Gasteiger partial charge >= 0.3 is 0 Å². The summed E-state index contributed by atoms with van der Waals surface area (Å²) < 4.78 is 1.98. The van der Waals surface area contributed by atoms with Crippen molar-refractivity contribution in [3.05, 3.63) is 81.9 Å². The van der Waals surface area contributed by atoms with Gasteiger partial charge in [-0.1, -0.05) is 41.9 Å². The molecule has 9 heteroatoms. The molecule has 32 heavy (non-hydrogen) atoms. The number of aryl methyl sites for hydroxylation is 1. The zero-order chi connectivity index (χ0) is 22.2. The van der Waals surface area contributed by atoms with Gasteiger partial charge in [-0.05, 0) is 30.3 Å². The standard InChI is InChI=1S/C23H16ClN5O3/c24-16-10-9-14(13-20(16)29(31)32)25-21(30)11-12-28-19-8-4-1-5-15(19)22-23(28)27-18-7-3-2-6-17(18)26-22/h1-10,13H,11-12H2,(H,25,30). The highest BCUT2D eigenvalue weighted by Crippen LogP contribution is 2.29. The van der Waals surface area contributed by atoms with Gasteiger partial charge in [-0.15, -0.1) is 0 Å². The van der Waals surface area contributed by atoms with E-state index < -0.39 is 4.92 Å². The van der Waals surface area contributed by atoms with Crippen molar-refractivity contribution in [3.8, 4) is 0 Å². The number of nitrogens with one attached hydrogen (secondary N) is 1. The van der Waals surface area contributed by atoms with Gasteiger partial charge in [-0.3, -0.25) is 14.9 Å². The fourth-order valence-corrected chi connectivity index (χ4v) is 3.96. The Kier molecular flexibility index (Phi) is 4.91. The summed E-state index contributed by atoms with van der Waals surface area (Å²) in [4.78, 5) is 32.7. The van der Waals surface area contributed by atoms with Crippen molar-refractivity contribution < 1.29 is 9.72 Å². The number of hydrogen-bond donors (Lipinski definition) is 1. The topological polar surface area (TPSA) is 103 Å². The van der Waals surface area contributed by atoms with Crippen LogP contribution in [0, 0.1) is 10.1 Å². The predicted octanol–water partition coefficient (Wildman–Crippen LogP) is 5.33. The molecule has 3 aromatic carbocycles. The Labute approximate surface area is 186 Å². The van der Waals surface area contributed by atoms with Crippen molar-refractivity contribution in [1.82, 2.24) is 14.5 Å². The molecule has 0 aliphatic heterocycles. The maximum atomic E-state index is 12.6. The van der Waals surface area contributed by atoms with Gasteiger partial charge in [-0.2, -0.15) is 0 Å². The van der Waals surface area contributed by atoms with Gasteiger partial charge in [0.05, 0.1) is 21.5 Å². The summed E-state index contributed by atoms with van der Waals surface area (Å²) in [6.45, 7) is 0.374. The summed E-state index contributed by atoms with van der Waals surface area (Å²) in [5.74, 6) is -0.277. The molecule has 0 atom stereocenters. The maximum Gasteiger partial charge on any atom is 0.289 e.